The fraction of sp³-hybridized carbons (Fsp3) is 0.538. The van der Waals surface area contributed by atoms with Gasteiger partial charge in [0.15, 0.2) is 11.5 Å². The first-order chi connectivity index (χ1) is 9.61. The Bertz CT molecular complexity index is 545. The molecule has 0 aromatic heterocycles. The molecule has 1 aliphatic heterocycles. The van der Waals surface area contributed by atoms with Gasteiger partial charge in [-0.15, -0.1) is 0 Å². The first kappa shape index (κ1) is 15.1. The maximum absolute atomic E-state index is 11.6. The van der Waals surface area contributed by atoms with Gasteiger partial charge in [0, 0.05) is 13.1 Å². The van der Waals surface area contributed by atoms with Crippen LogP contribution in [0.1, 0.15) is 5.56 Å². The normalized spacial score (nSPS) is 14.2. The summed E-state index contributed by atoms with van der Waals surface area (Å²) in [6.07, 6.45) is 0.620. The topological polar surface area (TPSA) is 76.7 Å². The molecule has 0 saturated carbocycles. The smallest absolute Gasteiger partial charge is 0.212 e. The molecule has 0 bridgehead atoms. The molecule has 1 aliphatic rings. The molecule has 0 radical (unpaired) electrons. The minimum absolute atomic E-state index is 0.0879. The van der Waals surface area contributed by atoms with Gasteiger partial charge in [-0.1, -0.05) is 6.07 Å². The molecule has 1 aromatic carbocycles. The van der Waals surface area contributed by atoms with Gasteiger partial charge in [0.2, 0.25) is 10.0 Å². The number of hydrogen-bond donors (Lipinski definition) is 2. The Morgan fingerprint density at radius 2 is 1.90 bits per heavy atom. The van der Waals surface area contributed by atoms with Crippen molar-refractivity contribution in [2.75, 3.05) is 39.1 Å². The third-order valence-corrected chi connectivity index (χ3v) is 4.35. The van der Waals surface area contributed by atoms with Gasteiger partial charge in [-0.2, -0.15) is 0 Å². The average molecular weight is 300 g/mol. The highest BCUT2D eigenvalue weighted by atomic mass is 32.2. The predicted octanol–water partition coefficient (Wildman–Crippen LogP) is 0.139. The van der Waals surface area contributed by atoms with E-state index in [-0.39, 0.29) is 5.75 Å². The summed E-state index contributed by atoms with van der Waals surface area (Å²) in [7, 11) is -1.47. The summed E-state index contributed by atoms with van der Waals surface area (Å²) in [6.45, 7) is 1.94. The Hall–Kier alpha value is -1.31. The van der Waals surface area contributed by atoms with E-state index in [1.807, 2.05) is 18.2 Å². The summed E-state index contributed by atoms with van der Waals surface area (Å²) in [4.78, 5) is 0. The summed E-state index contributed by atoms with van der Waals surface area (Å²) >= 11 is 0. The van der Waals surface area contributed by atoms with Crippen molar-refractivity contribution in [3.8, 4) is 11.5 Å². The van der Waals surface area contributed by atoms with Gasteiger partial charge in [0.05, 0.1) is 5.75 Å². The lowest BCUT2D eigenvalue weighted by Gasteiger charge is -2.18. The monoisotopic (exact) mass is 300 g/mol. The second-order valence-corrected chi connectivity index (χ2v) is 6.47. The van der Waals surface area contributed by atoms with Gasteiger partial charge in [-0.3, -0.25) is 0 Å². The van der Waals surface area contributed by atoms with E-state index in [0.29, 0.717) is 32.7 Å². The summed E-state index contributed by atoms with van der Waals surface area (Å²) in [6, 6.07) is 5.69. The standard InChI is InChI=1S/C13H20N2O4S/c1-14-6-9-20(16,17)15-5-4-11-2-3-12-13(10-11)19-8-7-18-12/h2-3,10,14-15H,4-9H2,1H3. The molecule has 2 rings (SSSR count). The van der Waals surface area contributed by atoms with E-state index in [1.54, 1.807) is 7.05 Å². The van der Waals surface area contributed by atoms with Crippen LogP contribution in [0.5, 0.6) is 11.5 Å². The van der Waals surface area contributed by atoms with Crippen molar-refractivity contribution in [3.05, 3.63) is 23.8 Å². The van der Waals surface area contributed by atoms with Crippen LogP contribution in [0.2, 0.25) is 0 Å². The highest BCUT2D eigenvalue weighted by molar-refractivity contribution is 7.89. The first-order valence-corrected chi connectivity index (χ1v) is 8.26. The van der Waals surface area contributed by atoms with Crippen molar-refractivity contribution in [2.45, 2.75) is 6.42 Å². The second kappa shape index (κ2) is 6.92. The average Bonchev–Trinajstić information content (AvgIpc) is 2.45. The summed E-state index contributed by atoms with van der Waals surface area (Å²) in [5.74, 6) is 1.56. The molecule has 20 heavy (non-hydrogen) atoms. The van der Waals surface area contributed by atoms with Crippen LogP contribution in [0.15, 0.2) is 18.2 Å². The molecular weight excluding hydrogens is 280 g/mol. The molecule has 0 amide bonds. The molecule has 2 N–H and O–H groups in total. The Kier molecular flexibility index (Phi) is 5.22. The number of nitrogens with one attached hydrogen (secondary N) is 2. The Morgan fingerprint density at radius 1 is 1.15 bits per heavy atom. The molecular formula is C13H20N2O4S. The molecule has 6 nitrogen and oxygen atoms in total. The predicted molar refractivity (Wildman–Crippen MR) is 76.9 cm³/mol. The van der Waals surface area contributed by atoms with Gasteiger partial charge in [0.25, 0.3) is 0 Å². The van der Waals surface area contributed by atoms with Crippen molar-refractivity contribution < 1.29 is 17.9 Å². The Balaban J connectivity index is 1.85. The van der Waals surface area contributed by atoms with Gasteiger partial charge in [0.1, 0.15) is 13.2 Å². The van der Waals surface area contributed by atoms with Crippen molar-refractivity contribution in [1.29, 1.82) is 0 Å². The van der Waals surface area contributed by atoms with Crippen LogP contribution in [0.3, 0.4) is 0 Å². The van der Waals surface area contributed by atoms with E-state index in [1.165, 1.54) is 0 Å². The van der Waals surface area contributed by atoms with Crippen molar-refractivity contribution in [2.24, 2.45) is 0 Å². The lowest BCUT2D eigenvalue weighted by molar-refractivity contribution is 0.171. The fourth-order valence-corrected chi connectivity index (χ4v) is 2.93. The third-order valence-electron chi connectivity index (χ3n) is 2.96. The zero-order chi connectivity index (χ0) is 14.4. The van der Waals surface area contributed by atoms with Crippen LogP contribution in [0.4, 0.5) is 0 Å². The largest absolute Gasteiger partial charge is 0.486 e. The Labute approximate surface area is 119 Å². The van der Waals surface area contributed by atoms with Crippen LogP contribution in [-0.2, 0) is 16.4 Å². The number of fused-ring (bicyclic) bond motifs is 1. The highest BCUT2D eigenvalue weighted by Crippen LogP contribution is 2.30. The third kappa shape index (κ3) is 4.36. The zero-order valence-corrected chi connectivity index (χ0v) is 12.3. The van der Waals surface area contributed by atoms with Crippen LogP contribution < -0.4 is 19.5 Å². The number of benzene rings is 1. The first-order valence-electron chi connectivity index (χ1n) is 6.61. The van der Waals surface area contributed by atoms with Crippen LogP contribution in [0, 0.1) is 0 Å². The van der Waals surface area contributed by atoms with Gasteiger partial charge in [-0.05, 0) is 31.2 Å². The second-order valence-electron chi connectivity index (χ2n) is 4.54. The van der Waals surface area contributed by atoms with Gasteiger partial charge < -0.3 is 14.8 Å². The molecule has 112 valence electrons. The number of hydrogen-bond acceptors (Lipinski definition) is 5. The van der Waals surface area contributed by atoms with Gasteiger partial charge in [-0.25, -0.2) is 13.1 Å². The molecule has 1 aromatic rings. The molecule has 1 heterocycles. The molecule has 7 heteroatoms. The Morgan fingerprint density at radius 3 is 2.65 bits per heavy atom. The lowest BCUT2D eigenvalue weighted by Crippen LogP contribution is -2.32. The number of ether oxygens (including phenoxy) is 2. The molecule has 0 fully saturated rings. The minimum Gasteiger partial charge on any atom is -0.486 e. The van der Waals surface area contributed by atoms with E-state index < -0.39 is 10.0 Å². The van der Waals surface area contributed by atoms with E-state index in [2.05, 4.69) is 10.0 Å². The molecule has 0 atom stereocenters. The van der Waals surface area contributed by atoms with Gasteiger partial charge >= 0.3 is 0 Å². The number of rotatable bonds is 7. The van der Waals surface area contributed by atoms with Crippen molar-refractivity contribution >= 4 is 10.0 Å². The molecule has 0 saturated heterocycles. The maximum Gasteiger partial charge on any atom is 0.212 e. The van der Waals surface area contributed by atoms with E-state index in [4.69, 9.17) is 9.47 Å². The summed E-state index contributed by atoms with van der Waals surface area (Å²) < 4.78 is 36.7. The quantitative estimate of drug-likeness (QED) is 0.749. The summed E-state index contributed by atoms with van der Waals surface area (Å²) in [5, 5.41) is 2.82. The zero-order valence-electron chi connectivity index (χ0n) is 11.5. The highest BCUT2D eigenvalue weighted by Gasteiger charge is 2.12. The maximum atomic E-state index is 11.6. The van der Waals surface area contributed by atoms with E-state index >= 15 is 0 Å². The van der Waals surface area contributed by atoms with Crippen LogP contribution in [-0.4, -0.2) is 47.5 Å². The number of sulfonamides is 1. The van der Waals surface area contributed by atoms with E-state index in [0.717, 1.165) is 17.1 Å². The van der Waals surface area contributed by atoms with Crippen molar-refractivity contribution in [3.63, 3.8) is 0 Å². The van der Waals surface area contributed by atoms with Crippen LogP contribution in [0.25, 0.3) is 0 Å². The lowest BCUT2D eigenvalue weighted by atomic mass is 10.1. The molecule has 0 aliphatic carbocycles. The van der Waals surface area contributed by atoms with Crippen LogP contribution >= 0.6 is 0 Å². The fourth-order valence-electron chi connectivity index (χ4n) is 1.90. The van der Waals surface area contributed by atoms with E-state index in [9.17, 15) is 8.42 Å². The molecule has 0 unspecified atom stereocenters. The SMILES string of the molecule is CNCCS(=O)(=O)NCCc1ccc2c(c1)OCCO2. The van der Waals surface area contributed by atoms with Crippen molar-refractivity contribution in [1.82, 2.24) is 10.0 Å². The minimum atomic E-state index is -3.20. The molecule has 0 spiro atoms. The summed E-state index contributed by atoms with van der Waals surface area (Å²) in [5.41, 5.74) is 1.02.